The molecule has 0 aromatic heterocycles. The lowest BCUT2D eigenvalue weighted by molar-refractivity contribution is 0.0697. The van der Waals surface area contributed by atoms with E-state index in [-0.39, 0.29) is 5.56 Å². The van der Waals surface area contributed by atoms with Crippen molar-refractivity contribution in [2.75, 3.05) is 7.11 Å². The minimum absolute atomic E-state index is 0.281. The first-order valence-corrected chi connectivity index (χ1v) is 6.08. The third-order valence-corrected chi connectivity index (χ3v) is 3.28. The zero-order chi connectivity index (χ0) is 13.1. The number of benzene rings is 2. The van der Waals surface area contributed by atoms with Crippen LogP contribution in [0.1, 0.15) is 10.4 Å². The number of carboxylic acid groups (broad SMARTS) is 1. The van der Waals surface area contributed by atoms with E-state index in [1.807, 2.05) is 18.2 Å². The molecule has 3 nitrogen and oxygen atoms in total. The van der Waals surface area contributed by atoms with E-state index in [2.05, 4.69) is 15.9 Å². The number of aromatic carboxylic acids is 1. The van der Waals surface area contributed by atoms with E-state index in [4.69, 9.17) is 9.84 Å². The van der Waals surface area contributed by atoms with E-state index in [0.29, 0.717) is 0 Å². The fourth-order valence-corrected chi connectivity index (χ4v) is 2.24. The highest BCUT2D eigenvalue weighted by Gasteiger charge is 2.06. The van der Waals surface area contributed by atoms with Gasteiger partial charge in [-0.15, -0.1) is 0 Å². The van der Waals surface area contributed by atoms with E-state index in [1.54, 1.807) is 31.4 Å². The molecule has 0 aliphatic rings. The highest BCUT2D eigenvalue weighted by molar-refractivity contribution is 9.10. The van der Waals surface area contributed by atoms with E-state index in [1.165, 1.54) is 0 Å². The van der Waals surface area contributed by atoms with Crippen LogP contribution in [-0.2, 0) is 0 Å². The predicted molar refractivity (Wildman–Crippen MR) is 73.1 cm³/mol. The van der Waals surface area contributed by atoms with Gasteiger partial charge in [-0.05, 0) is 41.5 Å². The molecule has 0 amide bonds. The number of rotatable bonds is 3. The zero-order valence-corrected chi connectivity index (χ0v) is 11.3. The van der Waals surface area contributed by atoms with Crippen molar-refractivity contribution in [3.63, 3.8) is 0 Å². The molecule has 0 radical (unpaired) electrons. The minimum Gasteiger partial charge on any atom is -0.497 e. The van der Waals surface area contributed by atoms with Gasteiger partial charge < -0.3 is 9.84 Å². The first-order chi connectivity index (χ1) is 8.61. The topological polar surface area (TPSA) is 46.5 Å². The summed E-state index contributed by atoms with van der Waals surface area (Å²) < 4.78 is 6.04. The van der Waals surface area contributed by atoms with Gasteiger partial charge in [0.05, 0.1) is 12.7 Å². The van der Waals surface area contributed by atoms with Crippen LogP contribution in [0, 0.1) is 0 Å². The Morgan fingerprint density at radius 3 is 2.33 bits per heavy atom. The van der Waals surface area contributed by atoms with E-state index in [9.17, 15) is 4.79 Å². The molecule has 0 unspecified atom stereocenters. The number of ether oxygens (including phenoxy) is 1. The van der Waals surface area contributed by atoms with E-state index in [0.717, 1.165) is 21.3 Å². The summed E-state index contributed by atoms with van der Waals surface area (Å²) in [6, 6.07) is 12.4. The fraction of sp³-hybridized carbons (Fsp3) is 0.0714. The van der Waals surface area contributed by atoms with Crippen LogP contribution in [0.4, 0.5) is 0 Å². The molecule has 0 heterocycles. The van der Waals surface area contributed by atoms with Crippen LogP contribution in [0.25, 0.3) is 11.1 Å². The molecule has 0 spiro atoms. The lowest BCUT2D eigenvalue weighted by Gasteiger charge is -2.07. The standard InChI is InChI=1S/C14H11BrO3/c1-18-11-6-7-12(13(15)8-11)9-2-4-10(5-3-9)14(16)17/h2-8H,1H3,(H,16,17). The summed E-state index contributed by atoms with van der Waals surface area (Å²) in [4.78, 5) is 10.8. The van der Waals surface area contributed by atoms with Crippen molar-refractivity contribution < 1.29 is 14.6 Å². The van der Waals surface area contributed by atoms with Crippen molar-refractivity contribution >= 4 is 21.9 Å². The molecule has 92 valence electrons. The second kappa shape index (κ2) is 5.23. The second-order valence-electron chi connectivity index (χ2n) is 3.73. The van der Waals surface area contributed by atoms with Crippen LogP contribution in [-0.4, -0.2) is 18.2 Å². The molecule has 2 rings (SSSR count). The van der Waals surface area contributed by atoms with Gasteiger partial charge in [-0.1, -0.05) is 28.1 Å². The predicted octanol–water partition coefficient (Wildman–Crippen LogP) is 3.82. The van der Waals surface area contributed by atoms with Crippen LogP contribution in [0.15, 0.2) is 46.9 Å². The molecule has 0 aliphatic carbocycles. The molecular formula is C14H11BrO3. The number of hydrogen-bond donors (Lipinski definition) is 1. The zero-order valence-electron chi connectivity index (χ0n) is 9.68. The first kappa shape index (κ1) is 12.6. The fourth-order valence-electron chi connectivity index (χ4n) is 1.65. The van der Waals surface area contributed by atoms with Gasteiger partial charge in [0.25, 0.3) is 0 Å². The Bertz CT molecular complexity index is 576. The van der Waals surface area contributed by atoms with E-state index < -0.39 is 5.97 Å². The van der Waals surface area contributed by atoms with Gasteiger partial charge in [-0.3, -0.25) is 0 Å². The second-order valence-corrected chi connectivity index (χ2v) is 4.58. The Kier molecular flexibility index (Phi) is 3.67. The molecule has 1 N–H and O–H groups in total. The van der Waals surface area contributed by atoms with Crippen molar-refractivity contribution in [2.24, 2.45) is 0 Å². The lowest BCUT2D eigenvalue weighted by atomic mass is 10.0. The van der Waals surface area contributed by atoms with Gasteiger partial charge in [0.1, 0.15) is 5.75 Å². The number of carboxylic acids is 1. The first-order valence-electron chi connectivity index (χ1n) is 5.29. The molecule has 2 aromatic carbocycles. The maximum atomic E-state index is 10.8. The molecular weight excluding hydrogens is 296 g/mol. The maximum absolute atomic E-state index is 10.8. The van der Waals surface area contributed by atoms with Crippen LogP contribution >= 0.6 is 15.9 Å². The largest absolute Gasteiger partial charge is 0.497 e. The average molecular weight is 307 g/mol. The summed E-state index contributed by atoms with van der Waals surface area (Å²) >= 11 is 3.48. The summed E-state index contributed by atoms with van der Waals surface area (Å²) in [6.45, 7) is 0. The SMILES string of the molecule is COc1ccc(-c2ccc(C(=O)O)cc2)c(Br)c1. The van der Waals surface area contributed by atoms with Crippen LogP contribution in [0.3, 0.4) is 0 Å². The number of hydrogen-bond acceptors (Lipinski definition) is 2. The molecule has 2 aromatic rings. The molecule has 0 atom stereocenters. The van der Waals surface area contributed by atoms with Crippen molar-refractivity contribution in [1.29, 1.82) is 0 Å². The summed E-state index contributed by atoms with van der Waals surface area (Å²) in [6.07, 6.45) is 0. The normalized spacial score (nSPS) is 10.1. The van der Waals surface area contributed by atoms with Gasteiger partial charge in [-0.25, -0.2) is 4.79 Å². The van der Waals surface area contributed by atoms with Gasteiger partial charge in [0, 0.05) is 4.47 Å². The van der Waals surface area contributed by atoms with Crippen molar-refractivity contribution in [3.05, 3.63) is 52.5 Å². The molecule has 0 saturated carbocycles. The maximum Gasteiger partial charge on any atom is 0.335 e. The number of halogens is 1. The van der Waals surface area contributed by atoms with Crippen LogP contribution in [0.2, 0.25) is 0 Å². The monoisotopic (exact) mass is 306 g/mol. The Labute approximate surface area is 113 Å². The Hall–Kier alpha value is -1.81. The quantitative estimate of drug-likeness (QED) is 0.937. The average Bonchev–Trinajstić information content (AvgIpc) is 2.38. The lowest BCUT2D eigenvalue weighted by Crippen LogP contribution is -1.95. The number of carbonyl (C=O) groups is 1. The highest BCUT2D eigenvalue weighted by Crippen LogP contribution is 2.31. The molecule has 0 fully saturated rings. The Morgan fingerprint density at radius 2 is 1.83 bits per heavy atom. The summed E-state index contributed by atoms with van der Waals surface area (Å²) in [5, 5.41) is 8.84. The summed E-state index contributed by atoms with van der Waals surface area (Å²) in [5.41, 5.74) is 2.23. The van der Waals surface area contributed by atoms with Crippen molar-refractivity contribution in [3.8, 4) is 16.9 Å². The van der Waals surface area contributed by atoms with Crippen LogP contribution in [0.5, 0.6) is 5.75 Å². The molecule has 4 heteroatoms. The minimum atomic E-state index is -0.921. The summed E-state index contributed by atoms with van der Waals surface area (Å²) in [5.74, 6) is -0.150. The van der Waals surface area contributed by atoms with Crippen molar-refractivity contribution in [2.45, 2.75) is 0 Å². The third-order valence-electron chi connectivity index (χ3n) is 2.62. The number of methoxy groups -OCH3 is 1. The van der Waals surface area contributed by atoms with Gasteiger partial charge >= 0.3 is 5.97 Å². The Balaban J connectivity index is 2.39. The van der Waals surface area contributed by atoms with Crippen LogP contribution < -0.4 is 4.74 Å². The van der Waals surface area contributed by atoms with Crippen molar-refractivity contribution in [1.82, 2.24) is 0 Å². The van der Waals surface area contributed by atoms with E-state index >= 15 is 0 Å². The third kappa shape index (κ3) is 2.54. The van der Waals surface area contributed by atoms with Gasteiger partial charge in [-0.2, -0.15) is 0 Å². The molecule has 0 aliphatic heterocycles. The van der Waals surface area contributed by atoms with Gasteiger partial charge in [0.2, 0.25) is 0 Å². The Morgan fingerprint density at radius 1 is 1.17 bits per heavy atom. The summed E-state index contributed by atoms with van der Waals surface area (Å²) in [7, 11) is 1.61. The molecule has 0 saturated heterocycles. The highest BCUT2D eigenvalue weighted by atomic mass is 79.9. The van der Waals surface area contributed by atoms with Gasteiger partial charge in [0.15, 0.2) is 0 Å². The molecule has 18 heavy (non-hydrogen) atoms. The molecule has 0 bridgehead atoms. The smallest absolute Gasteiger partial charge is 0.335 e.